The molecule has 122 valence electrons. The fourth-order valence-corrected chi connectivity index (χ4v) is 2.83. The molecule has 2 aromatic rings. The summed E-state index contributed by atoms with van der Waals surface area (Å²) < 4.78 is 7.10. The van der Waals surface area contributed by atoms with Gasteiger partial charge in [-0.25, -0.2) is 0 Å². The molecule has 0 saturated carbocycles. The van der Waals surface area contributed by atoms with Crippen molar-refractivity contribution in [1.29, 1.82) is 0 Å². The molecule has 1 aliphatic carbocycles. The molecule has 1 aromatic carbocycles. The number of hydrogen-bond donors (Lipinski definition) is 1. The maximum Gasteiger partial charge on any atom is 0.490 e. The van der Waals surface area contributed by atoms with Crippen LogP contribution in [0.5, 0.6) is 0 Å². The van der Waals surface area contributed by atoms with Gasteiger partial charge in [-0.05, 0) is 35.3 Å². The number of fused-ring (bicyclic) bond motifs is 1. The topological polar surface area (TPSA) is 103 Å². The molecule has 0 unspecified atom stereocenters. The molecule has 3 rings (SSSR count). The predicted molar refractivity (Wildman–Crippen MR) is 80.8 cm³/mol. The fourth-order valence-electron chi connectivity index (χ4n) is 2.83. The molecule has 1 heterocycles. The second kappa shape index (κ2) is 6.84. The first-order valence-electron chi connectivity index (χ1n) is 7.55. The van der Waals surface area contributed by atoms with Crippen LogP contribution in [-0.4, -0.2) is 37.5 Å². The van der Waals surface area contributed by atoms with Crippen molar-refractivity contribution in [2.75, 3.05) is 6.61 Å². The Kier molecular flexibility index (Phi) is 4.63. The summed E-state index contributed by atoms with van der Waals surface area (Å²) in [4.78, 5) is 13.4. The standard InChI is InChI=1S/C15H18N4O4/c20-12(8-18-10-16-15(17-18)19(21)22)9-23-14-7-3-5-11-4-1-2-6-13(11)14/h1-2,4,6,10,12,14,20H,3,5,7-9H2/t12-,14-/m1/s1. The van der Waals surface area contributed by atoms with Crippen molar-refractivity contribution in [3.63, 3.8) is 0 Å². The van der Waals surface area contributed by atoms with Crippen molar-refractivity contribution >= 4 is 5.95 Å². The van der Waals surface area contributed by atoms with E-state index in [0.29, 0.717) is 0 Å². The van der Waals surface area contributed by atoms with E-state index in [1.807, 2.05) is 12.1 Å². The van der Waals surface area contributed by atoms with Gasteiger partial charge in [0, 0.05) is 5.10 Å². The SMILES string of the molecule is O=[N+]([O-])c1ncn(C[C@@H](O)CO[C@@H]2CCCc3ccccc32)n1. The molecule has 8 nitrogen and oxygen atoms in total. The third kappa shape index (κ3) is 3.72. The number of rotatable bonds is 6. The summed E-state index contributed by atoms with van der Waals surface area (Å²) in [6, 6.07) is 8.18. The van der Waals surface area contributed by atoms with E-state index in [-0.39, 0.29) is 19.3 Å². The Bertz CT molecular complexity index is 688. The molecule has 0 amide bonds. The van der Waals surface area contributed by atoms with E-state index in [1.54, 1.807) is 0 Å². The number of aliphatic hydroxyl groups excluding tert-OH is 1. The summed E-state index contributed by atoms with van der Waals surface area (Å²) in [5.74, 6) is -0.473. The van der Waals surface area contributed by atoms with Gasteiger partial charge in [0.2, 0.25) is 6.33 Å². The van der Waals surface area contributed by atoms with Crippen LogP contribution in [0.4, 0.5) is 5.95 Å². The first kappa shape index (κ1) is 15.6. The number of benzene rings is 1. The number of hydrogen-bond acceptors (Lipinski definition) is 6. The van der Waals surface area contributed by atoms with Crippen LogP contribution >= 0.6 is 0 Å². The van der Waals surface area contributed by atoms with Gasteiger partial charge in [0.1, 0.15) is 0 Å². The zero-order valence-electron chi connectivity index (χ0n) is 12.5. The minimum Gasteiger partial charge on any atom is -0.390 e. The maximum atomic E-state index is 10.5. The number of aromatic nitrogens is 3. The molecule has 0 spiro atoms. The van der Waals surface area contributed by atoms with Crippen LogP contribution in [0.3, 0.4) is 0 Å². The van der Waals surface area contributed by atoms with Crippen LogP contribution in [-0.2, 0) is 17.7 Å². The molecule has 0 fully saturated rings. The van der Waals surface area contributed by atoms with Crippen LogP contribution in [0.2, 0.25) is 0 Å². The lowest BCUT2D eigenvalue weighted by atomic mass is 9.89. The summed E-state index contributed by atoms with van der Waals surface area (Å²) in [6.45, 7) is 0.252. The predicted octanol–water partition coefficient (Wildman–Crippen LogP) is 1.64. The lowest BCUT2D eigenvalue weighted by Gasteiger charge is -2.26. The van der Waals surface area contributed by atoms with Gasteiger partial charge in [-0.3, -0.25) is 0 Å². The minimum absolute atomic E-state index is 0.0142. The highest BCUT2D eigenvalue weighted by Gasteiger charge is 2.22. The van der Waals surface area contributed by atoms with E-state index in [0.717, 1.165) is 19.3 Å². The van der Waals surface area contributed by atoms with Crippen LogP contribution in [0.25, 0.3) is 0 Å². The van der Waals surface area contributed by atoms with Gasteiger partial charge >= 0.3 is 5.95 Å². The van der Waals surface area contributed by atoms with E-state index in [1.165, 1.54) is 22.1 Å². The Balaban J connectivity index is 1.55. The summed E-state index contributed by atoms with van der Waals surface area (Å²) in [6.07, 6.45) is 3.47. The summed E-state index contributed by atoms with van der Waals surface area (Å²) >= 11 is 0. The Hall–Kier alpha value is -2.32. The van der Waals surface area contributed by atoms with Gasteiger partial charge < -0.3 is 20.0 Å². The molecule has 0 bridgehead atoms. The largest absolute Gasteiger partial charge is 0.490 e. The third-order valence-corrected chi connectivity index (χ3v) is 3.89. The fraction of sp³-hybridized carbons (Fsp3) is 0.467. The highest BCUT2D eigenvalue weighted by Crippen LogP contribution is 2.32. The number of nitro groups is 1. The van der Waals surface area contributed by atoms with Gasteiger partial charge in [0.15, 0.2) is 0 Å². The van der Waals surface area contributed by atoms with E-state index < -0.39 is 17.0 Å². The molecule has 1 aromatic heterocycles. The number of nitrogens with zero attached hydrogens (tertiary/aromatic N) is 4. The van der Waals surface area contributed by atoms with Crippen LogP contribution in [0.15, 0.2) is 30.6 Å². The van der Waals surface area contributed by atoms with Gasteiger partial charge in [-0.2, -0.15) is 4.68 Å². The third-order valence-electron chi connectivity index (χ3n) is 3.89. The highest BCUT2D eigenvalue weighted by atomic mass is 16.6. The highest BCUT2D eigenvalue weighted by molar-refractivity contribution is 5.31. The second-order valence-electron chi connectivity index (χ2n) is 5.59. The van der Waals surface area contributed by atoms with Crippen LogP contribution < -0.4 is 0 Å². The van der Waals surface area contributed by atoms with Crippen molar-refractivity contribution < 1.29 is 14.8 Å². The first-order chi connectivity index (χ1) is 11.1. The van der Waals surface area contributed by atoms with Crippen molar-refractivity contribution in [3.8, 4) is 0 Å². The van der Waals surface area contributed by atoms with Gasteiger partial charge in [0.25, 0.3) is 0 Å². The maximum absolute atomic E-state index is 10.5. The van der Waals surface area contributed by atoms with Crippen molar-refractivity contribution in [2.24, 2.45) is 0 Å². The molecule has 1 aliphatic rings. The monoisotopic (exact) mass is 318 g/mol. The van der Waals surface area contributed by atoms with E-state index in [4.69, 9.17) is 4.74 Å². The van der Waals surface area contributed by atoms with E-state index in [2.05, 4.69) is 22.2 Å². The molecular weight excluding hydrogens is 300 g/mol. The van der Waals surface area contributed by atoms with Crippen LogP contribution in [0.1, 0.15) is 30.1 Å². The van der Waals surface area contributed by atoms with Crippen molar-refractivity contribution in [3.05, 3.63) is 51.8 Å². The second-order valence-corrected chi connectivity index (χ2v) is 5.59. The Morgan fingerprint density at radius 2 is 2.30 bits per heavy atom. The molecule has 8 heteroatoms. The summed E-state index contributed by atoms with van der Waals surface area (Å²) in [5.41, 5.74) is 2.48. The van der Waals surface area contributed by atoms with Crippen molar-refractivity contribution in [1.82, 2.24) is 14.8 Å². The molecule has 0 radical (unpaired) electrons. The number of aliphatic hydroxyl groups is 1. The smallest absolute Gasteiger partial charge is 0.390 e. The van der Waals surface area contributed by atoms with Gasteiger partial charge in [-0.1, -0.05) is 29.2 Å². The first-order valence-corrected chi connectivity index (χ1v) is 7.55. The zero-order chi connectivity index (χ0) is 16.2. The zero-order valence-corrected chi connectivity index (χ0v) is 12.5. The minimum atomic E-state index is -0.801. The average Bonchev–Trinajstić information content (AvgIpc) is 3.01. The lowest BCUT2D eigenvalue weighted by molar-refractivity contribution is -0.394. The van der Waals surface area contributed by atoms with Gasteiger partial charge in [-0.15, -0.1) is 0 Å². The molecule has 0 saturated heterocycles. The average molecular weight is 318 g/mol. The lowest BCUT2D eigenvalue weighted by Crippen LogP contribution is -2.24. The molecule has 0 aliphatic heterocycles. The summed E-state index contributed by atoms with van der Waals surface area (Å²) in [7, 11) is 0. The van der Waals surface area contributed by atoms with Gasteiger partial charge in [0.05, 0.1) is 25.4 Å². The Labute approximate surface area is 132 Å². The Morgan fingerprint density at radius 3 is 3.09 bits per heavy atom. The molecule has 2 atom stereocenters. The normalized spacial score (nSPS) is 18.4. The van der Waals surface area contributed by atoms with E-state index in [9.17, 15) is 15.2 Å². The molecule has 1 N–H and O–H groups in total. The van der Waals surface area contributed by atoms with E-state index >= 15 is 0 Å². The summed E-state index contributed by atoms with van der Waals surface area (Å²) in [5, 5.41) is 24.2. The van der Waals surface area contributed by atoms with Crippen molar-refractivity contribution in [2.45, 2.75) is 38.0 Å². The number of aryl methyl sites for hydroxylation is 1. The van der Waals surface area contributed by atoms with Crippen LogP contribution in [0, 0.1) is 10.1 Å². The quantitative estimate of drug-likeness (QED) is 0.641. The number of ether oxygens (including phenoxy) is 1. The molecule has 23 heavy (non-hydrogen) atoms. The Morgan fingerprint density at radius 1 is 1.48 bits per heavy atom. The molecular formula is C15H18N4O4.